The minimum atomic E-state index is 0.838. The summed E-state index contributed by atoms with van der Waals surface area (Å²) in [6.45, 7) is 4.94. The monoisotopic (exact) mass is 353 g/mol. The molecule has 130 valence electrons. The summed E-state index contributed by atoms with van der Waals surface area (Å²) < 4.78 is 0. The van der Waals surface area contributed by atoms with Gasteiger partial charge >= 0.3 is 0 Å². The van der Waals surface area contributed by atoms with E-state index in [-0.39, 0.29) is 0 Å². The molecule has 4 rings (SSSR count). The van der Waals surface area contributed by atoms with E-state index >= 15 is 0 Å². The molecule has 0 unspecified atom stereocenters. The molecule has 1 aliphatic heterocycles. The molecular formula is C19H23N5S. The number of anilines is 2. The number of aromatic nitrogens is 2. The lowest BCUT2D eigenvalue weighted by Crippen LogP contribution is -2.45. The van der Waals surface area contributed by atoms with Crippen LogP contribution in [0.25, 0.3) is 10.9 Å². The topological polar surface area (TPSA) is 44.3 Å². The molecule has 1 N–H and O–H groups in total. The molecule has 0 spiro atoms. The van der Waals surface area contributed by atoms with E-state index in [1.807, 2.05) is 12.1 Å². The van der Waals surface area contributed by atoms with Crippen molar-refractivity contribution >= 4 is 34.0 Å². The summed E-state index contributed by atoms with van der Waals surface area (Å²) in [4.78, 5) is 15.7. The largest absolute Gasteiger partial charge is 0.369 e. The predicted molar refractivity (Wildman–Crippen MR) is 106 cm³/mol. The number of benzene rings is 1. The van der Waals surface area contributed by atoms with Crippen LogP contribution in [0.4, 0.5) is 11.8 Å². The third-order valence-corrected chi connectivity index (χ3v) is 5.56. The van der Waals surface area contributed by atoms with Crippen LogP contribution in [0, 0.1) is 0 Å². The maximum Gasteiger partial charge on any atom is 0.227 e. The van der Waals surface area contributed by atoms with Gasteiger partial charge in [0.2, 0.25) is 5.95 Å². The van der Waals surface area contributed by atoms with Crippen LogP contribution in [0.2, 0.25) is 0 Å². The first kappa shape index (κ1) is 16.3. The molecule has 2 aromatic heterocycles. The first-order valence-electron chi connectivity index (χ1n) is 8.76. The Labute approximate surface area is 152 Å². The van der Waals surface area contributed by atoms with Gasteiger partial charge < -0.3 is 15.1 Å². The number of thiophene rings is 1. The molecule has 3 heterocycles. The normalized spacial score (nSPS) is 15.6. The van der Waals surface area contributed by atoms with Crippen molar-refractivity contribution in [3.63, 3.8) is 0 Å². The van der Waals surface area contributed by atoms with Crippen molar-refractivity contribution in [2.24, 2.45) is 0 Å². The van der Waals surface area contributed by atoms with Crippen LogP contribution in [0.5, 0.6) is 0 Å². The van der Waals surface area contributed by atoms with Crippen molar-refractivity contribution < 1.29 is 0 Å². The number of fused-ring (bicyclic) bond motifs is 1. The van der Waals surface area contributed by atoms with Crippen molar-refractivity contribution in [3.05, 3.63) is 46.7 Å². The molecule has 0 amide bonds. The van der Waals surface area contributed by atoms with Crippen LogP contribution in [0.1, 0.15) is 4.88 Å². The summed E-state index contributed by atoms with van der Waals surface area (Å²) in [6.07, 6.45) is 1.01. The summed E-state index contributed by atoms with van der Waals surface area (Å²) >= 11 is 1.80. The molecule has 5 nitrogen and oxygen atoms in total. The van der Waals surface area contributed by atoms with Crippen molar-refractivity contribution in [3.8, 4) is 0 Å². The lowest BCUT2D eigenvalue weighted by molar-refractivity contribution is 0.311. The van der Waals surface area contributed by atoms with Gasteiger partial charge in [0.05, 0.1) is 5.52 Å². The van der Waals surface area contributed by atoms with Gasteiger partial charge in [-0.15, -0.1) is 11.3 Å². The van der Waals surface area contributed by atoms with Gasteiger partial charge in [-0.1, -0.05) is 18.2 Å². The second-order valence-corrected chi connectivity index (χ2v) is 7.47. The zero-order valence-corrected chi connectivity index (χ0v) is 15.3. The maximum absolute atomic E-state index is 4.86. The van der Waals surface area contributed by atoms with Crippen LogP contribution < -0.4 is 10.2 Å². The molecule has 0 atom stereocenters. The van der Waals surface area contributed by atoms with E-state index in [9.17, 15) is 0 Å². The van der Waals surface area contributed by atoms with Crippen LogP contribution in [0.3, 0.4) is 0 Å². The number of nitrogens with one attached hydrogen (secondary N) is 1. The maximum atomic E-state index is 4.86. The standard InChI is InChI=1S/C19H23N5S/c1-23-10-12-24(13-11-23)19-21-17-7-3-2-6-16(17)18(22-19)20-9-8-15-5-4-14-25-15/h2-7,14H,8-13H2,1H3,(H,20,21,22). The van der Waals surface area contributed by atoms with Gasteiger partial charge in [-0.2, -0.15) is 4.98 Å². The van der Waals surface area contributed by atoms with Crippen molar-refractivity contribution in [2.45, 2.75) is 6.42 Å². The number of hydrogen-bond donors (Lipinski definition) is 1. The minimum absolute atomic E-state index is 0.838. The molecule has 1 saturated heterocycles. The zero-order chi connectivity index (χ0) is 17.1. The highest BCUT2D eigenvalue weighted by atomic mass is 32.1. The first-order chi connectivity index (χ1) is 12.3. The van der Waals surface area contributed by atoms with Gasteiger partial charge in [0, 0.05) is 43.0 Å². The van der Waals surface area contributed by atoms with Crippen molar-refractivity contribution in [1.82, 2.24) is 14.9 Å². The molecule has 3 aromatic rings. The van der Waals surface area contributed by atoms with E-state index in [0.717, 1.165) is 61.8 Å². The van der Waals surface area contributed by atoms with Crippen LogP contribution in [0.15, 0.2) is 41.8 Å². The smallest absolute Gasteiger partial charge is 0.227 e. The highest BCUT2D eigenvalue weighted by molar-refractivity contribution is 7.09. The van der Waals surface area contributed by atoms with E-state index in [4.69, 9.17) is 9.97 Å². The molecule has 1 aliphatic rings. The third kappa shape index (κ3) is 3.75. The van der Waals surface area contributed by atoms with E-state index in [1.165, 1.54) is 4.88 Å². The number of hydrogen-bond acceptors (Lipinski definition) is 6. The number of rotatable bonds is 5. The Kier molecular flexibility index (Phi) is 4.81. The number of nitrogens with zero attached hydrogens (tertiary/aromatic N) is 4. The zero-order valence-electron chi connectivity index (χ0n) is 14.5. The lowest BCUT2D eigenvalue weighted by Gasteiger charge is -2.32. The van der Waals surface area contributed by atoms with E-state index in [1.54, 1.807) is 11.3 Å². The predicted octanol–water partition coefficient (Wildman–Crippen LogP) is 3.10. The summed E-state index contributed by atoms with van der Waals surface area (Å²) in [5, 5.41) is 6.75. The molecule has 0 bridgehead atoms. The molecule has 25 heavy (non-hydrogen) atoms. The van der Waals surface area contributed by atoms with Crippen LogP contribution in [-0.2, 0) is 6.42 Å². The fourth-order valence-electron chi connectivity index (χ4n) is 3.11. The minimum Gasteiger partial charge on any atom is -0.369 e. The summed E-state index contributed by atoms with van der Waals surface area (Å²) in [7, 11) is 2.16. The van der Waals surface area contributed by atoms with E-state index in [0.29, 0.717) is 0 Å². The van der Waals surface area contributed by atoms with Gasteiger partial charge in [0.15, 0.2) is 0 Å². The van der Waals surface area contributed by atoms with Gasteiger partial charge in [-0.3, -0.25) is 0 Å². The number of likely N-dealkylation sites (N-methyl/N-ethyl adjacent to an activating group) is 1. The van der Waals surface area contributed by atoms with Crippen molar-refractivity contribution in [2.75, 3.05) is 50.0 Å². The second kappa shape index (κ2) is 7.37. The quantitative estimate of drug-likeness (QED) is 0.764. The Bertz CT molecular complexity index is 825. The molecule has 0 radical (unpaired) electrons. The summed E-state index contributed by atoms with van der Waals surface area (Å²) in [6, 6.07) is 12.5. The fourth-order valence-corrected chi connectivity index (χ4v) is 3.81. The first-order valence-corrected chi connectivity index (χ1v) is 9.64. The van der Waals surface area contributed by atoms with Crippen molar-refractivity contribution in [1.29, 1.82) is 0 Å². The highest BCUT2D eigenvalue weighted by Crippen LogP contribution is 2.24. The van der Waals surface area contributed by atoms with Crippen LogP contribution >= 0.6 is 11.3 Å². The average Bonchev–Trinajstić information content (AvgIpc) is 3.15. The van der Waals surface area contributed by atoms with Gasteiger partial charge in [-0.05, 0) is 37.0 Å². The Hall–Kier alpha value is -2.18. The van der Waals surface area contributed by atoms with E-state index < -0.39 is 0 Å². The molecule has 6 heteroatoms. The Morgan fingerprint density at radius 1 is 1.04 bits per heavy atom. The lowest BCUT2D eigenvalue weighted by atomic mass is 10.2. The van der Waals surface area contributed by atoms with Gasteiger partial charge in [0.1, 0.15) is 5.82 Å². The number of piperazine rings is 1. The second-order valence-electron chi connectivity index (χ2n) is 6.44. The summed E-state index contributed by atoms with van der Waals surface area (Å²) in [5.74, 6) is 1.78. The summed E-state index contributed by atoms with van der Waals surface area (Å²) in [5.41, 5.74) is 1.00. The molecule has 0 saturated carbocycles. The molecular weight excluding hydrogens is 330 g/mol. The highest BCUT2D eigenvalue weighted by Gasteiger charge is 2.18. The fraction of sp³-hybridized carbons (Fsp3) is 0.368. The molecule has 1 aromatic carbocycles. The third-order valence-electron chi connectivity index (χ3n) is 4.62. The Morgan fingerprint density at radius 3 is 2.68 bits per heavy atom. The van der Waals surface area contributed by atoms with E-state index in [2.05, 4.69) is 51.8 Å². The van der Waals surface area contributed by atoms with Crippen LogP contribution in [-0.4, -0.2) is 54.6 Å². The molecule has 1 fully saturated rings. The van der Waals surface area contributed by atoms with Gasteiger partial charge in [0.25, 0.3) is 0 Å². The van der Waals surface area contributed by atoms with Gasteiger partial charge in [-0.25, -0.2) is 4.98 Å². The Morgan fingerprint density at radius 2 is 1.88 bits per heavy atom. The SMILES string of the molecule is CN1CCN(c2nc(NCCc3cccs3)c3ccccc3n2)CC1. The Balaban J connectivity index is 1.57. The molecule has 0 aliphatic carbocycles. The number of para-hydroxylation sites is 1. The average molecular weight is 353 g/mol.